The van der Waals surface area contributed by atoms with Gasteiger partial charge in [0.1, 0.15) is 5.75 Å². The summed E-state index contributed by atoms with van der Waals surface area (Å²) in [5, 5.41) is 8.99. The molecule has 0 radical (unpaired) electrons. The van der Waals surface area contributed by atoms with Gasteiger partial charge in [-0.3, -0.25) is 0 Å². The first-order chi connectivity index (χ1) is 12.0. The summed E-state index contributed by atoms with van der Waals surface area (Å²) in [5.41, 5.74) is 5.39. The van der Waals surface area contributed by atoms with Gasteiger partial charge in [0.2, 0.25) is 0 Å². The molecule has 3 nitrogen and oxygen atoms in total. The van der Waals surface area contributed by atoms with Gasteiger partial charge in [0, 0.05) is 0 Å². The average molecular weight is 340 g/mol. The Hall–Kier alpha value is -2.55. The van der Waals surface area contributed by atoms with E-state index in [1.807, 2.05) is 27.7 Å². The van der Waals surface area contributed by atoms with E-state index in [1.54, 1.807) is 24.3 Å². The third kappa shape index (κ3) is 4.96. The van der Waals surface area contributed by atoms with Crippen molar-refractivity contribution in [1.29, 1.82) is 0 Å². The van der Waals surface area contributed by atoms with E-state index in [0.29, 0.717) is 6.61 Å². The molecule has 0 aliphatic carbocycles. The maximum absolute atomic E-state index is 11.0. The van der Waals surface area contributed by atoms with E-state index in [-0.39, 0.29) is 5.56 Å². The number of rotatable bonds is 6. The van der Waals surface area contributed by atoms with E-state index in [4.69, 9.17) is 9.84 Å². The highest BCUT2D eigenvalue weighted by atomic mass is 16.5. The monoisotopic (exact) mass is 340 g/mol. The lowest BCUT2D eigenvalue weighted by Gasteiger charge is -2.16. The number of aromatic carboxylic acids is 1. The Labute approximate surface area is 151 Å². The van der Waals surface area contributed by atoms with Gasteiger partial charge in [-0.25, -0.2) is 4.79 Å². The molecule has 0 atom stereocenters. The van der Waals surface area contributed by atoms with Crippen LogP contribution >= 0.6 is 0 Å². The molecule has 0 fully saturated rings. The molecule has 0 aromatic heterocycles. The van der Waals surface area contributed by atoms with E-state index in [1.165, 1.54) is 0 Å². The van der Waals surface area contributed by atoms with Crippen LogP contribution in [0.4, 0.5) is 0 Å². The Morgan fingerprint density at radius 3 is 2.12 bits per heavy atom. The zero-order valence-electron chi connectivity index (χ0n) is 15.8. The Morgan fingerprint density at radius 1 is 1.08 bits per heavy atom. The number of ether oxygens (including phenoxy) is 1. The van der Waals surface area contributed by atoms with Gasteiger partial charge in [0.15, 0.2) is 0 Å². The molecule has 2 aromatic carbocycles. The largest absolute Gasteiger partial charge is 0.494 e. The number of aryl methyl sites for hydroxylation is 2. The fourth-order valence-electron chi connectivity index (χ4n) is 2.59. The van der Waals surface area contributed by atoms with Crippen LogP contribution in [0.5, 0.6) is 5.75 Å². The normalized spacial score (nSPS) is 9.80. The van der Waals surface area contributed by atoms with E-state index in [9.17, 15) is 4.79 Å². The molecule has 0 bridgehead atoms. The van der Waals surface area contributed by atoms with Crippen LogP contribution in [0.1, 0.15) is 60.3 Å². The zero-order chi connectivity index (χ0) is 19.0. The molecule has 134 valence electrons. The van der Waals surface area contributed by atoms with E-state index < -0.39 is 5.97 Å². The predicted molar refractivity (Wildman–Crippen MR) is 105 cm³/mol. The maximum atomic E-state index is 11.0. The summed E-state index contributed by atoms with van der Waals surface area (Å²) < 4.78 is 5.70. The van der Waals surface area contributed by atoms with Crippen LogP contribution < -0.4 is 4.74 Å². The van der Waals surface area contributed by atoms with Crippen molar-refractivity contribution in [3.8, 4) is 5.75 Å². The van der Waals surface area contributed by atoms with Crippen molar-refractivity contribution < 1.29 is 14.6 Å². The van der Waals surface area contributed by atoms with Crippen molar-refractivity contribution in [3.63, 3.8) is 0 Å². The topological polar surface area (TPSA) is 46.5 Å². The van der Waals surface area contributed by atoms with Gasteiger partial charge in [-0.2, -0.15) is 0 Å². The molecule has 0 saturated heterocycles. The summed E-state index contributed by atoms with van der Waals surface area (Å²) in [5.74, 6) is -0.00189. The third-order valence-corrected chi connectivity index (χ3v) is 3.89. The molecule has 0 unspecified atom stereocenters. The fourth-order valence-corrected chi connectivity index (χ4v) is 2.59. The van der Waals surface area contributed by atoms with Gasteiger partial charge in [-0.1, -0.05) is 39.5 Å². The Balaban J connectivity index is 0.00000151. The minimum atomic E-state index is -0.923. The summed E-state index contributed by atoms with van der Waals surface area (Å²) in [6.07, 6.45) is 0.883. The van der Waals surface area contributed by atoms with Gasteiger partial charge in [-0.15, -0.1) is 0 Å². The van der Waals surface area contributed by atoms with Crippen LogP contribution in [0.25, 0.3) is 5.57 Å². The van der Waals surface area contributed by atoms with Gasteiger partial charge in [0.05, 0.1) is 12.2 Å². The van der Waals surface area contributed by atoms with Crippen LogP contribution in [0, 0.1) is 6.92 Å². The smallest absolute Gasteiger partial charge is 0.335 e. The first-order valence-electron chi connectivity index (χ1n) is 8.77. The average Bonchev–Trinajstić information content (AvgIpc) is 2.63. The quantitative estimate of drug-likeness (QED) is 0.729. The van der Waals surface area contributed by atoms with Crippen LogP contribution in [-0.2, 0) is 6.42 Å². The third-order valence-electron chi connectivity index (χ3n) is 3.89. The lowest BCUT2D eigenvalue weighted by atomic mass is 9.92. The lowest BCUT2D eigenvalue weighted by Crippen LogP contribution is -2.00. The van der Waals surface area contributed by atoms with Gasteiger partial charge >= 0.3 is 5.97 Å². The minimum Gasteiger partial charge on any atom is -0.494 e. The van der Waals surface area contributed by atoms with Crippen molar-refractivity contribution in [2.24, 2.45) is 0 Å². The summed E-state index contributed by atoms with van der Waals surface area (Å²) in [6.45, 7) is 14.9. The standard InChI is InChI=1S/C20H22O3.C2H6/c1-5-15-12-18(13(3)11-19(15)23-6-2)14(4)16-7-9-17(10-8-16)20(21)22;1-2/h7-12H,4-6H2,1-3H3,(H,21,22);1-2H3. The first-order valence-corrected chi connectivity index (χ1v) is 8.77. The highest BCUT2D eigenvalue weighted by Gasteiger charge is 2.12. The van der Waals surface area contributed by atoms with Gasteiger partial charge < -0.3 is 9.84 Å². The van der Waals surface area contributed by atoms with Crippen LogP contribution in [0.15, 0.2) is 43.0 Å². The predicted octanol–water partition coefficient (Wildman–Crippen LogP) is 5.74. The van der Waals surface area contributed by atoms with Gasteiger partial charge in [0.25, 0.3) is 0 Å². The molecule has 1 N–H and O–H groups in total. The van der Waals surface area contributed by atoms with E-state index >= 15 is 0 Å². The van der Waals surface area contributed by atoms with Crippen molar-refractivity contribution in [1.82, 2.24) is 0 Å². The Bertz CT molecular complexity index is 728. The molecular formula is C22H28O3. The summed E-state index contributed by atoms with van der Waals surface area (Å²) >= 11 is 0. The van der Waals surface area contributed by atoms with Crippen LogP contribution in [0.3, 0.4) is 0 Å². The molecule has 0 aliphatic rings. The van der Waals surface area contributed by atoms with Crippen molar-refractivity contribution in [3.05, 3.63) is 70.8 Å². The van der Waals surface area contributed by atoms with Gasteiger partial charge in [-0.05, 0) is 72.4 Å². The molecule has 0 saturated carbocycles. The molecule has 0 spiro atoms. The maximum Gasteiger partial charge on any atom is 0.335 e. The van der Waals surface area contributed by atoms with Crippen LogP contribution in [-0.4, -0.2) is 17.7 Å². The Morgan fingerprint density at radius 2 is 1.64 bits per heavy atom. The van der Waals surface area contributed by atoms with Crippen molar-refractivity contribution in [2.45, 2.75) is 41.0 Å². The number of hydrogen-bond donors (Lipinski definition) is 1. The molecule has 0 amide bonds. The SMILES string of the molecule is C=C(c1ccc(C(=O)O)cc1)c1cc(CC)c(OCC)cc1C.CC. The van der Waals surface area contributed by atoms with E-state index in [0.717, 1.165) is 40.0 Å². The highest BCUT2D eigenvalue weighted by Crippen LogP contribution is 2.31. The lowest BCUT2D eigenvalue weighted by molar-refractivity contribution is 0.0697. The molecular weight excluding hydrogens is 312 g/mol. The first kappa shape index (κ1) is 20.5. The Kier molecular flexibility index (Phi) is 7.93. The zero-order valence-corrected chi connectivity index (χ0v) is 15.8. The second-order valence-electron chi connectivity index (χ2n) is 5.42. The number of carbonyl (C=O) groups is 1. The van der Waals surface area contributed by atoms with E-state index in [2.05, 4.69) is 25.6 Å². The fraction of sp³-hybridized carbons (Fsp3) is 0.318. The molecule has 25 heavy (non-hydrogen) atoms. The molecule has 2 aromatic rings. The second-order valence-corrected chi connectivity index (χ2v) is 5.42. The summed E-state index contributed by atoms with van der Waals surface area (Å²) in [7, 11) is 0. The molecule has 0 heterocycles. The number of benzene rings is 2. The molecule has 3 heteroatoms. The second kappa shape index (κ2) is 9.67. The number of carboxylic acid groups (broad SMARTS) is 1. The molecule has 2 rings (SSSR count). The number of hydrogen-bond acceptors (Lipinski definition) is 2. The van der Waals surface area contributed by atoms with Crippen molar-refractivity contribution >= 4 is 11.5 Å². The number of carboxylic acids is 1. The highest BCUT2D eigenvalue weighted by molar-refractivity contribution is 5.89. The van der Waals surface area contributed by atoms with Crippen LogP contribution in [0.2, 0.25) is 0 Å². The van der Waals surface area contributed by atoms with Crippen molar-refractivity contribution in [2.75, 3.05) is 6.61 Å². The summed E-state index contributed by atoms with van der Waals surface area (Å²) in [4.78, 5) is 11.0. The summed E-state index contributed by atoms with van der Waals surface area (Å²) in [6, 6.07) is 11.0. The molecule has 0 aliphatic heterocycles. The minimum absolute atomic E-state index is 0.277.